The summed E-state index contributed by atoms with van der Waals surface area (Å²) < 4.78 is 2.03. The van der Waals surface area contributed by atoms with E-state index in [4.69, 9.17) is 17.3 Å². The van der Waals surface area contributed by atoms with E-state index >= 15 is 0 Å². The van der Waals surface area contributed by atoms with Gasteiger partial charge in [-0.2, -0.15) is 0 Å². The Morgan fingerprint density at radius 3 is 2.28 bits per heavy atom. The van der Waals surface area contributed by atoms with Gasteiger partial charge in [-0.3, -0.25) is 0 Å². The van der Waals surface area contributed by atoms with Crippen molar-refractivity contribution in [2.24, 2.45) is 5.73 Å². The van der Waals surface area contributed by atoms with E-state index < -0.39 is 0 Å². The van der Waals surface area contributed by atoms with Crippen molar-refractivity contribution in [2.75, 3.05) is 0 Å². The van der Waals surface area contributed by atoms with Crippen LogP contribution in [-0.4, -0.2) is 0 Å². The standard InChI is InChI=1S/C14H12Br2ClN/c15-11-3-1-9(2-4-11)5-14(18)10-6-12(16)8-13(17)7-10/h1-4,6-8,14H,5,18H2. The molecule has 0 fully saturated rings. The molecule has 2 aromatic carbocycles. The van der Waals surface area contributed by atoms with Gasteiger partial charge in [-0.05, 0) is 47.9 Å². The van der Waals surface area contributed by atoms with Gasteiger partial charge >= 0.3 is 0 Å². The average molecular weight is 390 g/mol. The summed E-state index contributed by atoms with van der Waals surface area (Å²) in [5.41, 5.74) is 8.46. The normalized spacial score (nSPS) is 12.4. The van der Waals surface area contributed by atoms with Gasteiger partial charge in [-0.1, -0.05) is 55.6 Å². The molecular formula is C14H12Br2ClN. The molecule has 2 aromatic rings. The summed E-state index contributed by atoms with van der Waals surface area (Å²) in [7, 11) is 0. The summed E-state index contributed by atoms with van der Waals surface area (Å²) in [6.07, 6.45) is 0.792. The fourth-order valence-corrected chi connectivity index (χ4v) is 2.93. The zero-order chi connectivity index (χ0) is 13.1. The van der Waals surface area contributed by atoms with Crippen molar-refractivity contribution in [3.8, 4) is 0 Å². The first-order chi connectivity index (χ1) is 8.54. The highest BCUT2D eigenvalue weighted by Gasteiger charge is 2.09. The highest BCUT2D eigenvalue weighted by Crippen LogP contribution is 2.25. The summed E-state index contributed by atoms with van der Waals surface area (Å²) in [4.78, 5) is 0. The molecule has 4 heteroatoms. The Morgan fingerprint density at radius 2 is 1.67 bits per heavy atom. The summed E-state index contributed by atoms with van der Waals surface area (Å²) in [6.45, 7) is 0. The van der Waals surface area contributed by atoms with E-state index in [9.17, 15) is 0 Å². The molecule has 0 aliphatic carbocycles. The molecule has 0 bridgehead atoms. The molecule has 0 heterocycles. The van der Waals surface area contributed by atoms with Crippen molar-refractivity contribution >= 4 is 43.5 Å². The minimum atomic E-state index is -0.0545. The Kier molecular flexibility index (Phi) is 4.84. The van der Waals surface area contributed by atoms with Crippen LogP contribution in [0.4, 0.5) is 0 Å². The van der Waals surface area contributed by atoms with Crippen LogP contribution in [0.1, 0.15) is 17.2 Å². The maximum atomic E-state index is 6.21. The van der Waals surface area contributed by atoms with Gasteiger partial charge < -0.3 is 5.73 Å². The highest BCUT2D eigenvalue weighted by atomic mass is 79.9. The number of benzene rings is 2. The quantitative estimate of drug-likeness (QED) is 0.776. The Balaban J connectivity index is 2.16. The van der Waals surface area contributed by atoms with E-state index in [2.05, 4.69) is 44.0 Å². The van der Waals surface area contributed by atoms with Gasteiger partial charge in [0.2, 0.25) is 0 Å². The largest absolute Gasteiger partial charge is 0.324 e. The van der Waals surface area contributed by atoms with Crippen molar-refractivity contribution in [3.63, 3.8) is 0 Å². The molecule has 1 unspecified atom stereocenters. The molecule has 0 radical (unpaired) electrons. The average Bonchev–Trinajstić information content (AvgIpc) is 2.31. The van der Waals surface area contributed by atoms with E-state index in [1.54, 1.807) is 0 Å². The molecule has 18 heavy (non-hydrogen) atoms. The van der Waals surface area contributed by atoms with E-state index in [1.807, 2.05) is 30.3 Å². The van der Waals surface area contributed by atoms with Crippen LogP contribution in [0, 0.1) is 0 Å². The second kappa shape index (κ2) is 6.20. The minimum absolute atomic E-state index is 0.0545. The summed E-state index contributed by atoms with van der Waals surface area (Å²) in [5, 5.41) is 0.700. The van der Waals surface area contributed by atoms with E-state index in [0.29, 0.717) is 5.02 Å². The van der Waals surface area contributed by atoms with Gasteiger partial charge in [-0.25, -0.2) is 0 Å². The van der Waals surface area contributed by atoms with Gasteiger partial charge in [0.1, 0.15) is 0 Å². The third-order valence-electron chi connectivity index (χ3n) is 2.68. The lowest BCUT2D eigenvalue weighted by Gasteiger charge is -2.13. The number of nitrogens with two attached hydrogens (primary N) is 1. The highest BCUT2D eigenvalue weighted by molar-refractivity contribution is 9.10. The molecule has 94 valence electrons. The Labute approximate surface area is 129 Å². The van der Waals surface area contributed by atoms with Crippen molar-refractivity contribution in [1.29, 1.82) is 0 Å². The molecule has 0 aliphatic rings. The molecule has 0 aromatic heterocycles. The molecule has 2 rings (SSSR count). The van der Waals surface area contributed by atoms with E-state index in [1.165, 1.54) is 5.56 Å². The second-order valence-electron chi connectivity index (χ2n) is 4.14. The number of halogens is 3. The monoisotopic (exact) mass is 387 g/mol. The van der Waals surface area contributed by atoms with Crippen LogP contribution in [0.15, 0.2) is 51.4 Å². The van der Waals surface area contributed by atoms with Gasteiger partial charge in [0.15, 0.2) is 0 Å². The summed E-state index contributed by atoms with van der Waals surface area (Å²) >= 11 is 12.9. The van der Waals surface area contributed by atoms with Gasteiger partial charge in [0.05, 0.1) is 0 Å². The molecule has 0 amide bonds. The summed E-state index contributed by atoms with van der Waals surface area (Å²) in [6, 6.07) is 13.9. The lowest BCUT2D eigenvalue weighted by Crippen LogP contribution is -2.13. The van der Waals surface area contributed by atoms with Crippen LogP contribution in [0.25, 0.3) is 0 Å². The van der Waals surface area contributed by atoms with Crippen molar-refractivity contribution < 1.29 is 0 Å². The Bertz CT molecular complexity index is 520. The molecule has 1 nitrogen and oxygen atoms in total. The molecule has 0 saturated heterocycles. The van der Waals surface area contributed by atoms with Crippen LogP contribution >= 0.6 is 43.5 Å². The lowest BCUT2D eigenvalue weighted by molar-refractivity contribution is 0.721. The number of hydrogen-bond donors (Lipinski definition) is 1. The van der Waals surface area contributed by atoms with E-state index in [0.717, 1.165) is 20.9 Å². The van der Waals surface area contributed by atoms with Crippen LogP contribution in [0.5, 0.6) is 0 Å². The van der Waals surface area contributed by atoms with Crippen LogP contribution in [0.2, 0.25) is 5.02 Å². The third kappa shape index (κ3) is 3.82. The van der Waals surface area contributed by atoms with Crippen LogP contribution in [-0.2, 0) is 6.42 Å². The molecule has 0 saturated carbocycles. The minimum Gasteiger partial charge on any atom is -0.324 e. The van der Waals surface area contributed by atoms with Crippen LogP contribution in [0.3, 0.4) is 0 Å². The zero-order valence-corrected chi connectivity index (χ0v) is 13.5. The molecule has 2 N–H and O–H groups in total. The fourth-order valence-electron chi connectivity index (χ4n) is 1.78. The van der Waals surface area contributed by atoms with Crippen molar-refractivity contribution in [2.45, 2.75) is 12.5 Å². The van der Waals surface area contributed by atoms with Gasteiger partial charge in [0, 0.05) is 20.0 Å². The van der Waals surface area contributed by atoms with Gasteiger partial charge in [0.25, 0.3) is 0 Å². The van der Waals surface area contributed by atoms with Crippen molar-refractivity contribution in [1.82, 2.24) is 0 Å². The first-order valence-electron chi connectivity index (χ1n) is 5.50. The first kappa shape index (κ1) is 14.1. The number of hydrogen-bond acceptors (Lipinski definition) is 1. The predicted molar refractivity (Wildman–Crippen MR) is 83.9 cm³/mol. The smallest absolute Gasteiger partial charge is 0.0420 e. The van der Waals surface area contributed by atoms with Gasteiger partial charge in [-0.15, -0.1) is 0 Å². The topological polar surface area (TPSA) is 26.0 Å². The molecular weight excluding hydrogens is 377 g/mol. The molecule has 0 spiro atoms. The first-order valence-corrected chi connectivity index (χ1v) is 7.47. The maximum Gasteiger partial charge on any atom is 0.0420 e. The van der Waals surface area contributed by atoms with E-state index in [-0.39, 0.29) is 6.04 Å². The zero-order valence-electron chi connectivity index (χ0n) is 9.54. The SMILES string of the molecule is NC(Cc1ccc(Br)cc1)c1cc(Cl)cc(Br)c1. The Morgan fingerprint density at radius 1 is 1.00 bits per heavy atom. The molecule has 1 atom stereocenters. The second-order valence-corrected chi connectivity index (χ2v) is 6.41. The van der Waals surface area contributed by atoms with Crippen LogP contribution < -0.4 is 5.73 Å². The molecule has 0 aliphatic heterocycles. The lowest BCUT2D eigenvalue weighted by atomic mass is 10.00. The fraction of sp³-hybridized carbons (Fsp3) is 0.143. The van der Waals surface area contributed by atoms with Crippen molar-refractivity contribution in [3.05, 3.63) is 67.6 Å². The maximum absolute atomic E-state index is 6.21. The predicted octanol–water partition coefficient (Wildman–Crippen LogP) is 5.11. The number of rotatable bonds is 3. The Hall–Kier alpha value is -0.350. The third-order valence-corrected chi connectivity index (χ3v) is 3.89. The summed E-state index contributed by atoms with van der Waals surface area (Å²) in [5.74, 6) is 0.